The van der Waals surface area contributed by atoms with Crippen LogP contribution in [-0.4, -0.2) is 11.4 Å². The lowest BCUT2D eigenvalue weighted by atomic mass is 9.96. The largest absolute Gasteiger partial charge is 0.324 e. The molecule has 2 aromatic rings. The number of amides is 1. The van der Waals surface area contributed by atoms with Gasteiger partial charge in [-0.15, -0.1) is 11.3 Å². The fourth-order valence-electron chi connectivity index (χ4n) is 2.36. The monoisotopic (exact) mass is 286 g/mol. The number of thiophene rings is 1. The molecule has 0 spiro atoms. The van der Waals surface area contributed by atoms with Crippen LogP contribution in [-0.2, 0) is 4.79 Å². The van der Waals surface area contributed by atoms with E-state index in [0.29, 0.717) is 5.92 Å². The molecular weight excluding hydrogens is 268 g/mol. The number of benzene rings is 1. The van der Waals surface area contributed by atoms with Gasteiger partial charge in [-0.25, -0.2) is 0 Å². The Bertz CT molecular complexity index is 615. The van der Waals surface area contributed by atoms with Gasteiger partial charge in [0.1, 0.15) is 0 Å². The molecule has 0 bridgehead atoms. The van der Waals surface area contributed by atoms with Crippen molar-refractivity contribution < 1.29 is 4.79 Å². The number of para-hydroxylation sites is 1. The van der Waals surface area contributed by atoms with Crippen molar-refractivity contribution in [3.63, 3.8) is 0 Å². The summed E-state index contributed by atoms with van der Waals surface area (Å²) in [5, 5.41) is 5.04. The standard InChI is InChI=1S/C16H18N2OS/c1-16(17,11-8-9-11)15(19)18-13-6-3-2-5-12(13)14-7-4-10-20-14/h2-7,10-11H,8-9,17H2,1H3,(H,18,19). The molecule has 1 aromatic heterocycles. The predicted octanol–water partition coefficient (Wildman–Crippen LogP) is 3.48. The molecule has 4 heteroatoms. The van der Waals surface area contributed by atoms with Gasteiger partial charge >= 0.3 is 0 Å². The zero-order valence-electron chi connectivity index (χ0n) is 11.4. The summed E-state index contributed by atoms with van der Waals surface area (Å²) in [4.78, 5) is 13.5. The minimum atomic E-state index is -0.775. The number of hydrogen-bond acceptors (Lipinski definition) is 3. The third-order valence-electron chi connectivity index (χ3n) is 3.88. The van der Waals surface area contributed by atoms with Crippen molar-refractivity contribution >= 4 is 22.9 Å². The fraction of sp³-hybridized carbons (Fsp3) is 0.312. The third-order valence-corrected chi connectivity index (χ3v) is 4.78. The molecule has 1 heterocycles. The highest BCUT2D eigenvalue weighted by Crippen LogP contribution is 2.39. The molecule has 20 heavy (non-hydrogen) atoms. The Labute approximate surface area is 122 Å². The van der Waals surface area contributed by atoms with E-state index in [-0.39, 0.29) is 5.91 Å². The van der Waals surface area contributed by atoms with Gasteiger partial charge in [0.15, 0.2) is 0 Å². The van der Waals surface area contributed by atoms with Gasteiger partial charge in [-0.2, -0.15) is 0 Å². The lowest BCUT2D eigenvalue weighted by Gasteiger charge is -2.23. The van der Waals surface area contributed by atoms with Crippen LogP contribution in [0.15, 0.2) is 41.8 Å². The molecule has 104 valence electrons. The number of anilines is 1. The summed E-state index contributed by atoms with van der Waals surface area (Å²) in [6.45, 7) is 1.83. The highest BCUT2D eigenvalue weighted by molar-refractivity contribution is 7.13. The summed E-state index contributed by atoms with van der Waals surface area (Å²) in [7, 11) is 0. The van der Waals surface area contributed by atoms with Crippen LogP contribution in [0.4, 0.5) is 5.69 Å². The first-order valence-corrected chi connectivity index (χ1v) is 7.70. The van der Waals surface area contributed by atoms with E-state index in [1.54, 1.807) is 11.3 Å². The fourth-order valence-corrected chi connectivity index (χ4v) is 3.13. The van der Waals surface area contributed by atoms with Crippen LogP contribution in [0, 0.1) is 5.92 Å². The molecule has 0 saturated heterocycles. The molecule has 1 unspecified atom stereocenters. The van der Waals surface area contributed by atoms with E-state index < -0.39 is 5.54 Å². The average Bonchev–Trinajstić information content (AvgIpc) is 3.17. The zero-order valence-corrected chi connectivity index (χ0v) is 12.2. The van der Waals surface area contributed by atoms with Crippen LogP contribution in [0.3, 0.4) is 0 Å². The summed E-state index contributed by atoms with van der Waals surface area (Å²) in [6, 6.07) is 11.9. The third kappa shape index (κ3) is 2.49. The van der Waals surface area contributed by atoms with E-state index in [0.717, 1.165) is 29.0 Å². The van der Waals surface area contributed by atoms with Gasteiger partial charge in [-0.3, -0.25) is 4.79 Å². The molecule has 0 radical (unpaired) electrons. The number of hydrogen-bond donors (Lipinski definition) is 2. The topological polar surface area (TPSA) is 55.1 Å². The molecule has 3 nitrogen and oxygen atoms in total. The summed E-state index contributed by atoms with van der Waals surface area (Å²) in [5.74, 6) is 0.223. The minimum absolute atomic E-state index is 0.0935. The van der Waals surface area contributed by atoms with Gasteiger partial charge in [-0.1, -0.05) is 24.3 Å². The maximum atomic E-state index is 12.4. The van der Waals surface area contributed by atoms with Gasteiger partial charge in [0.2, 0.25) is 5.91 Å². The van der Waals surface area contributed by atoms with Gasteiger partial charge in [0.25, 0.3) is 0 Å². The van der Waals surface area contributed by atoms with Crippen LogP contribution in [0.2, 0.25) is 0 Å². The van der Waals surface area contributed by atoms with Crippen molar-refractivity contribution in [1.82, 2.24) is 0 Å². The highest BCUT2D eigenvalue weighted by atomic mass is 32.1. The van der Waals surface area contributed by atoms with Crippen molar-refractivity contribution in [1.29, 1.82) is 0 Å². The molecule has 0 aliphatic heterocycles. The molecule has 1 atom stereocenters. The molecule has 3 rings (SSSR count). The molecule has 3 N–H and O–H groups in total. The summed E-state index contributed by atoms with van der Waals surface area (Å²) in [5.41, 5.74) is 7.27. The predicted molar refractivity (Wildman–Crippen MR) is 83.7 cm³/mol. The van der Waals surface area contributed by atoms with Crippen molar-refractivity contribution in [3.8, 4) is 10.4 Å². The summed E-state index contributed by atoms with van der Waals surface area (Å²) < 4.78 is 0. The Balaban J connectivity index is 1.86. The second-order valence-corrected chi connectivity index (χ2v) is 6.48. The second kappa shape index (κ2) is 5.04. The molecule has 1 amide bonds. The van der Waals surface area contributed by atoms with E-state index >= 15 is 0 Å². The van der Waals surface area contributed by atoms with Crippen molar-refractivity contribution in [2.24, 2.45) is 11.7 Å². The van der Waals surface area contributed by atoms with Crippen molar-refractivity contribution in [3.05, 3.63) is 41.8 Å². The number of carbonyl (C=O) groups excluding carboxylic acids is 1. The summed E-state index contributed by atoms with van der Waals surface area (Å²) in [6.07, 6.45) is 2.10. The SMILES string of the molecule is CC(N)(C(=O)Nc1ccccc1-c1cccs1)C1CC1. The van der Waals surface area contributed by atoms with E-state index in [1.165, 1.54) is 0 Å². The Kier molecular flexibility index (Phi) is 3.36. The number of nitrogens with one attached hydrogen (secondary N) is 1. The Morgan fingerprint density at radius 2 is 2.05 bits per heavy atom. The van der Waals surface area contributed by atoms with Gasteiger partial charge in [0.05, 0.1) is 5.54 Å². The second-order valence-electron chi connectivity index (χ2n) is 5.53. The smallest absolute Gasteiger partial charge is 0.244 e. The van der Waals surface area contributed by atoms with Crippen LogP contribution in [0.1, 0.15) is 19.8 Å². The van der Waals surface area contributed by atoms with Crippen molar-refractivity contribution in [2.45, 2.75) is 25.3 Å². The number of rotatable bonds is 4. The van der Waals surface area contributed by atoms with E-state index in [2.05, 4.69) is 11.4 Å². The van der Waals surface area contributed by atoms with Gasteiger partial charge < -0.3 is 11.1 Å². The quantitative estimate of drug-likeness (QED) is 0.904. The molecule has 1 fully saturated rings. The normalized spacial score (nSPS) is 17.5. The van der Waals surface area contributed by atoms with E-state index in [1.807, 2.05) is 42.6 Å². The maximum Gasteiger partial charge on any atom is 0.244 e. The van der Waals surface area contributed by atoms with Crippen LogP contribution < -0.4 is 11.1 Å². The van der Waals surface area contributed by atoms with Crippen molar-refractivity contribution in [2.75, 3.05) is 5.32 Å². The summed E-state index contributed by atoms with van der Waals surface area (Å²) >= 11 is 1.66. The highest BCUT2D eigenvalue weighted by Gasteiger charge is 2.44. The Hall–Kier alpha value is -1.65. The average molecular weight is 286 g/mol. The Morgan fingerprint density at radius 3 is 2.70 bits per heavy atom. The van der Waals surface area contributed by atoms with E-state index in [9.17, 15) is 4.79 Å². The number of carbonyl (C=O) groups is 1. The maximum absolute atomic E-state index is 12.4. The van der Waals surface area contributed by atoms with Crippen LogP contribution in [0.25, 0.3) is 10.4 Å². The molecule has 1 aromatic carbocycles. The number of nitrogens with two attached hydrogens (primary N) is 1. The Morgan fingerprint density at radius 1 is 1.30 bits per heavy atom. The molecule has 1 saturated carbocycles. The first kappa shape index (κ1) is 13.3. The van der Waals surface area contributed by atoms with Crippen LogP contribution >= 0.6 is 11.3 Å². The molecule has 1 aliphatic carbocycles. The molecule has 1 aliphatic rings. The van der Waals surface area contributed by atoms with Crippen LogP contribution in [0.5, 0.6) is 0 Å². The van der Waals surface area contributed by atoms with Gasteiger partial charge in [0, 0.05) is 16.1 Å². The van der Waals surface area contributed by atoms with Gasteiger partial charge in [-0.05, 0) is 43.2 Å². The first-order valence-electron chi connectivity index (χ1n) is 6.82. The lowest BCUT2D eigenvalue weighted by Crippen LogP contribution is -2.50. The van der Waals surface area contributed by atoms with E-state index in [4.69, 9.17) is 5.73 Å². The lowest BCUT2D eigenvalue weighted by molar-refractivity contribution is -0.121. The minimum Gasteiger partial charge on any atom is -0.324 e. The molecular formula is C16H18N2OS. The first-order chi connectivity index (χ1) is 9.59. The zero-order chi connectivity index (χ0) is 14.2.